The maximum absolute atomic E-state index is 11.2. The molecule has 0 aliphatic heterocycles. The first-order chi connectivity index (χ1) is 13.4. The summed E-state index contributed by atoms with van der Waals surface area (Å²) in [6.07, 6.45) is 21.9. The number of rotatable bonds is 20. The molecule has 0 aromatic carbocycles. The molecule has 0 spiro atoms. The lowest BCUT2D eigenvalue weighted by Crippen LogP contribution is -3.00. The van der Waals surface area contributed by atoms with Gasteiger partial charge in [0.25, 0.3) is 0 Å². The van der Waals surface area contributed by atoms with Gasteiger partial charge in [-0.25, -0.2) is 0 Å². The summed E-state index contributed by atoms with van der Waals surface area (Å²) in [5, 5.41) is 0. The lowest BCUT2D eigenvalue weighted by molar-refractivity contribution is -0.932. The zero-order valence-corrected chi connectivity index (χ0v) is 21.3. The largest absolute Gasteiger partial charge is 1.00 e. The Balaban J connectivity index is 0. The Morgan fingerprint density at radius 3 is 1.41 bits per heavy atom. The van der Waals surface area contributed by atoms with Crippen LogP contribution in [0.2, 0.25) is 0 Å². The molecule has 0 rings (SSSR count). The standard InChI is InChI=1S/C24H49ClNO2.ClH/c1-5-6-7-8-9-10-11-12-13-14-15-16-17-18-19-20-21-26(3,4)24(22-25)28-23(2)27;/h24H,5-22H2,1-4H3;1H/q+1;/p-1. The third-order valence-corrected chi connectivity index (χ3v) is 6.07. The number of quaternary nitrogens is 1. The predicted molar refractivity (Wildman–Crippen MR) is 123 cm³/mol. The van der Waals surface area contributed by atoms with Crippen molar-refractivity contribution in [3.05, 3.63) is 0 Å². The second kappa shape index (κ2) is 21.2. The number of nitrogens with zero attached hydrogens (tertiary/aromatic N) is 1. The van der Waals surface area contributed by atoms with Crippen LogP contribution in [0.1, 0.15) is 117 Å². The summed E-state index contributed by atoms with van der Waals surface area (Å²) in [5.74, 6) is 0.106. The highest BCUT2D eigenvalue weighted by molar-refractivity contribution is 6.18. The summed E-state index contributed by atoms with van der Waals surface area (Å²) in [4.78, 5) is 11.2. The Hall–Kier alpha value is 0.01000. The molecule has 0 aliphatic rings. The van der Waals surface area contributed by atoms with Crippen LogP contribution in [0.4, 0.5) is 0 Å². The number of unbranched alkanes of at least 4 members (excludes halogenated alkanes) is 15. The summed E-state index contributed by atoms with van der Waals surface area (Å²) in [6, 6.07) is 0. The van der Waals surface area contributed by atoms with E-state index in [-0.39, 0.29) is 24.6 Å². The molecule has 0 fully saturated rings. The van der Waals surface area contributed by atoms with Crippen LogP contribution >= 0.6 is 11.6 Å². The summed E-state index contributed by atoms with van der Waals surface area (Å²) in [7, 11) is 4.20. The normalized spacial score (nSPS) is 12.4. The fourth-order valence-corrected chi connectivity index (χ4v) is 4.20. The van der Waals surface area contributed by atoms with Crippen molar-refractivity contribution in [1.29, 1.82) is 0 Å². The molecule has 0 aromatic rings. The van der Waals surface area contributed by atoms with Crippen LogP contribution in [0, 0.1) is 0 Å². The molecule has 0 aromatic heterocycles. The maximum atomic E-state index is 11.2. The first kappa shape index (κ1) is 31.2. The average Bonchev–Trinajstić information content (AvgIpc) is 2.65. The molecule has 5 heteroatoms. The molecule has 0 saturated heterocycles. The topological polar surface area (TPSA) is 26.3 Å². The number of carbonyl (C=O) groups is 1. The molecule has 0 aliphatic carbocycles. The molecule has 0 radical (unpaired) electrons. The quantitative estimate of drug-likeness (QED) is 0.0893. The highest BCUT2D eigenvalue weighted by atomic mass is 35.5. The summed E-state index contributed by atoms with van der Waals surface area (Å²) in [6.45, 7) is 4.74. The smallest absolute Gasteiger partial charge is 0.307 e. The highest BCUT2D eigenvalue weighted by Gasteiger charge is 2.29. The molecule has 1 unspecified atom stereocenters. The molecular weight excluding hydrogens is 405 g/mol. The Kier molecular flexibility index (Phi) is 22.9. The Morgan fingerprint density at radius 2 is 1.10 bits per heavy atom. The Labute approximate surface area is 193 Å². The van der Waals surface area contributed by atoms with Crippen molar-refractivity contribution in [2.45, 2.75) is 123 Å². The lowest BCUT2D eigenvalue weighted by Gasteiger charge is -2.35. The van der Waals surface area contributed by atoms with Crippen LogP contribution in [0.3, 0.4) is 0 Å². The van der Waals surface area contributed by atoms with E-state index in [1.165, 1.54) is 110 Å². The van der Waals surface area contributed by atoms with Crippen molar-refractivity contribution in [3.63, 3.8) is 0 Å². The monoisotopic (exact) mass is 453 g/mol. The zero-order chi connectivity index (χ0) is 21.1. The summed E-state index contributed by atoms with van der Waals surface area (Å²) >= 11 is 5.98. The first-order valence-corrected chi connectivity index (χ1v) is 12.5. The van der Waals surface area contributed by atoms with Gasteiger partial charge >= 0.3 is 5.97 Å². The van der Waals surface area contributed by atoms with Crippen LogP contribution in [0.25, 0.3) is 0 Å². The fraction of sp³-hybridized carbons (Fsp3) is 0.958. The van der Waals surface area contributed by atoms with Crippen LogP contribution in [0.15, 0.2) is 0 Å². The minimum atomic E-state index is -0.246. The van der Waals surface area contributed by atoms with Crippen molar-refractivity contribution >= 4 is 17.6 Å². The van der Waals surface area contributed by atoms with Gasteiger partial charge in [-0.3, -0.25) is 9.28 Å². The van der Waals surface area contributed by atoms with Gasteiger partial charge in [-0.15, -0.1) is 11.6 Å². The third-order valence-electron chi connectivity index (χ3n) is 5.80. The van der Waals surface area contributed by atoms with Crippen LogP contribution in [-0.4, -0.2) is 43.2 Å². The van der Waals surface area contributed by atoms with E-state index >= 15 is 0 Å². The molecule has 0 heterocycles. The SMILES string of the molecule is CCCCCCCCCCCCCCCCCC[N+](C)(C)C(CCl)OC(C)=O.[Cl-]. The number of hydrogen-bond donors (Lipinski definition) is 0. The minimum absolute atomic E-state index is 0. The van der Waals surface area contributed by atoms with Crippen molar-refractivity contribution in [2.24, 2.45) is 0 Å². The van der Waals surface area contributed by atoms with Gasteiger partial charge in [-0.2, -0.15) is 0 Å². The number of halogens is 2. The molecular formula is C24H49Cl2NO2. The summed E-state index contributed by atoms with van der Waals surface area (Å²) < 4.78 is 6.00. The van der Waals surface area contributed by atoms with E-state index in [0.29, 0.717) is 10.4 Å². The van der Waals surface area contributed by atoms with E-state index < -0.39 is 0 Å². The van der Waals surface area contributed by atoms with E-state index in [9.17, 15) is 4.79 Å². The second-order valence-corrected chi connectivity index (χ2v) is 9.33. The van der Waals surface area contributed by atoms with E-state index in [0.717, 1.165) is 6.54 Å². The second-order valence-electron chi connectivity index (χ2n) is 9.02. The number of carbonyl (C=O) groups excluding carboxylic acids is 1. The van der Waals surface area contributed by atoms with Crippen molar-refractivity contribution in [2.75, 3.05) is 26.5 Å². The van der Waals surface area contributed by atoms with E-state index in [1.54, 1.807) is 0 Å². The van der Waals surface area contributed by atoms with Gasteiger partial charge in [0.05, 0.1) is 20.6 Å². The predicted octanol–water partition coefficient (Wildman–Crippen LogP) is 4.46. The zero-order valence-electron chi connectivity index (χ0n) is 19.8. The molecule has 0 saturated carbocycles. The lowest BCUT2D eigenvalue weighted by atomic mass is 10.0. The maximum Gasteiger partial charge on any atom is 0.307 e. The highest BCUT2D eigenvalue weighted by Crippen LogP contribution is 2.16. The van der Waals surface area contributed by atoms with Crippen LogP contribution in [0.5, 0.6) is 0 Å². The third kappa shape index (κ3) is 19.7. The van der Waals surface area contributed by atoms with Gasteiger partial charge in [-0.05, 0) is 12.8 Å². The van der Waals surface area contributed by atoms with Gasteiger partial charge in [0.1, 0.15) is 5.88 Å². The number of alkyl halides is 1. The van der Waals surface area contributed by atoms with Gasteiger partial charge < -0.3 is 17.1 Å². The van der Waals surface area contributed by atoms with Crippen LogP contribution in [-0.2, 0) is 9.53 Å². The number of ether oxygens (including phenoxy) is 1. The van der Waals surface area contributed by atoms with E-state index in [1.807, 2.05) is 0 Å². The van der Waals surface area contributed by atoms with Gasteiger partial charge in [-0.1, -0.05) is 96.8 Å². The number of esters is 1. The minimum Gasteiger partial charge on any atom is -1.00 e. The molecule has 0 amide bonds. The van der Waals surface area contributed by atoms with Crippen molar-refractivity contribution in [3.8, 4) is 0 Å². The summed E-state index contributed by atoms with van der Waals surface area (Å²) in [5.41, 5.74) is 0. The number of hydrogen-bond acceptors (Lipinski definition) is 2. The molecule has 0 N–H and O–H groups in total. The molecule has 0 bridgehead atoms. The fourth-order valence-electron chi connectivity index (χ4n) is 3.76. The first-order valence-electron chi connectivity index (χ1n) is 12.0. The van der Waals surface area contributed by atoms with Crippen molar-refractivity contribution < 1.29 is 26.4 Å². The average molecular weight is 455 g/mol. The van der Waals surface area contributed by atoms with Crippen molar-refractivity contribution in [1.82, 2.24) is 0 Å². The molecule has 29 heavy (non-hydrogen) atoms. The van der Waals surface area contributed by atoms with E-state index in [4.69, 9.17) is 16.3 Å². The van der Waals surface area contributed by atoms with Gasteiger partial charge in [0.15, 0.2) is 0 Å². The Bertz CT molecular complexity index is 365. The van der Waals surface area contributed by atoms with E-state index in [2.05, 4.69) is 21.0 Å². The van der Waals surface area contributed by atoms with Crippen LogP contribution < -0.4 is 12.4 Å². The molecule has 176 valence electrons. The van der Waals surface area contributed by atoms with Gasteiger partial charge in [0.2, 0.25) is 6.23 Å². The Morgan fingerprint density at radius 1 is 0.759 bits per heavy atom. The molecule has 1 atom stereocenters. The molecule has 3 nitrogen and oxygen atoms in total. The van der Waals surface area contributed by atoms with Gasteiger partial charge in [0, 0.05) is 6.92 Å².